The molecule has 2 N–H and O–H groups in total. The van der Waals surface area contributed by atoms with Crippen molar-refractivity contribution in [1.82, 2.24) is 0 Å². The molecule has 1 amide bonds. The fourth-order valence-corrected chi connectivity index (χ4v) is 2.11. The third-order valence-electron chi connectivity index (χ3n) is 3.29. The molecule has 0 atom stereocenters. The third kappa shape index (κ3) is 4.80. The molecule has 2 rings (SSSR count). The lowest BCUT2D eigenvalue weighted by molar-refractivity contribution is -0.222. The van der Waals surface area contributed by atoms with E-state index < -0.39 is 17.7 Å². The van der Waals surface area contributed by atoms with E-state index >= 15 is 0 Å². The summed E-state index contributed by atoms with van der Waals surface area (Å²) in [6.45, 7) is 4.73. The molecule has 0 radical (unpaired) electrons. The van der Waals surface area contributed by atoms with Crippen LogP contribution in [0.5, 0.6) is 0 Å². The van der Waals surface area contributed by atoms with Crippen LogP contribution < -0.4 is 10.6 Å². The normalized spacial score (nSPS) is 15.9. The number of methoxy groups -OCH3 is 1. The quantitative estimate of drug-likeness (QED) is 0.474. The van der Waals surface area contributed by atoms with Gasteiger partial charge in [-0.1, -0.05) is 6.07 Å². The van der Waals surface area contributed by atoms with E-state index in [0.29, 0.717) is 11.4 Å². The summed E-state index contributed by atoms with van der Waals surface area (Å²) in [4.78, 5) is 35.4. The van der Waals surface area contributed by atoms with E-state index in [4.69, 9.17) is 14.2 Å². The minimum atomic E-state index is -1.28. The maximum Gasteiger partial charge on any atom is 0.350 e. The molecule has 0 saturated carbocycles. The molecule has 1 aliphatic rings. The Hall–Kier alpha value is -2.87. The largest absolute Gasteiger partial charge is 0.419 e. The van der Waals surface area contributed by atoms with Crippen molar-refractivity contribution < 1.29 is 28.6 Å². The van der Waals surface area contributed by atoms with E-state index in [2.05, 4.69) is 10.6 Å². The van der Waals surface area contributed by atoms with E-state index in [-0.39, 0.29) is 18.1 Å². The zero-order valence-electron chi connectivity index (χ0n) is 14.5. The summed E-state index contributed by atoms with van der Waals surface area (Å²) in [5, 5.41) is 5.54. The zero-order valence-corrected chi connectivity index (χ0v) is 14.5. The van der Waals surface area contributed by atoms with Gasteiger partial charge in [0.15, 0.2) is 5.57 Å². The van der Waals surface area contributed by atoms with Gasteiger partial charge in [-0.25, -0.2) is 9.59 Å². The lowest BCUT2D eigenvalue weighted by atomic mass is 10.1. The molecule has 1 fully saturated rings. The Balaban J connectivity index is 2.15. The zero-order chi connectivity index (χ0) is 18.6. The van der Waals surface area contributed by atoms with Gasteiger partial charge in [-0.2, -0.15) is 0 Å². The molecule has 0 bridgehead atoms. The van der Waals surface area contributed by atoms with Crippen LogP contribution in [-0.4, -0.2) is 37.3 Å². The van der Waals surface area contributed by atoms with Crippen molar-refractivity contribution in [2.24, 2.45) is 0 Å². The molecule has 1 heterocycles. The number of aryl methyl sites for hydroxylation is 1. The second-order valence-electron chi connectivity index (χ2n) is 5.89. The molecule has 25 heavy (non-hydrogen) atoms. The maximum absolute atomic E-state index is 11.9. The average Bonchev–Trinajstić information content (AvgIpc) is 2.48. The van der Waals surface area contributed by atoms with E-state index in [0.717, 1.165) is 5.56 Å². The van der Waals surface area contributed by atoms with Crippen LogP contribution in [0.4, 0.5) is 11.4 Å². The fraction of sp³-hybridized carbons (Fsp3) is 0.353. The minimum absolute atomic E-state index is 0.0614. The van der Waals surface area contributed by atoms with Gasteiger partial charge in [0, 0.05) is 38.5 Å². The highest BCUT2D eigenvalue weighted by atomic mass is 16.7. The standard InChI is InChI=1S/C17H20N2O6/c1-10-5-6-11(19-14(20)9-23-4)7-13(10)18-8-12-15(21)24-17(2,3)25-16(12)22/h5-8,18H,9H2,1-4H3,(H,19,20). The summed E-state index contributed by atoms with van der Waals surface area (Å²) in [5.74, 6) is -3.11. The van der Waals surface area contributed by atoms with Gasteiger partial charge in [-0.3, -0.25) is 4.79 Å². The van der Waals surface area contributed by atoms with Crippen LogP contribution in [-0.2, 0) is 28.6 Å². The van der Waals surface area contributed by atoms with Crippen LogP contribution in [0, 0.1) is 6.92 Å². The SMILES string of the molecule is COCC(=O)Nc1ccc(C)c(NC=C2C(=O)OC(C)(C)OC2=O)c1. The lowest BCUT2D eigenvalue weighted by Gasteiger charge is -2.29. The summed E-state index contributed by atoms with van der Waals surface area (Å²) in [7, 11) is 1.43. The van der Waals surface area contributed by atoms with Gasteiger partial charge >= 0.3 is 11.9 Å². The Bertz CT molecular complexity index is 717. The van der Waals surface area contributed by atoms with Crippen LogP contribution in [0.3, 0.4) is 0 Å². The first-order chi connectivity index (χ1) is 11.7. The molecule has 1 aliphatic heterocycles. The second-order valence-corrected chi connectivity index (χ2v) is 5.89. The number of esters is 2. The Kier molecular flexibility index (Phi) is 5.43. The Morgan fingerprint density at radius 2 is 1.88 bits per heavy atom. The van der Waals surface area contributed by atoms with Gasteiger partial charge in [0.25, 0.3) is 5.79 Å². The van der Waals surface area contributed by atoms with E-state index in [1.165, 1.54) is 27.2 Å². The van der Waals surface area contributed by atoms with Gasteiger partial charge < -0.3 is 24.8 Å². The van der Waals surface area contributed by atoms with Crippen molar-refractivity contribution >= 4 is 29.2 Å². The summed E-state index contributed by atoms with van der Waals surface area (Å²) in [6, 6.07) is 5.18. The first-order valence-corrected chi connectivity index (χ1v) is 7.54. The molecule has 0 aromatic heterocycles. The van der Waals surface area contributed by atoms with Crippen LogP contribution in [0.1, 0.15) is 19.4 Å². The number of hydrogen-bond acceptors (Lipinski definition) is 7. The summed E-state index contributed by atoms with van der Waals surface area (Å²) < 4.78 is 14.8. The smallest absolute Gasteiger partial charge is 0.350 e. The molecular weight excluding hydrogens is 328 g/mol. The van der Waals surface area contributed by atoms with Crippen molar-refractivity contribution in [3.8, 4) is 0 Å². The number of cyclic esters (lactones) is 2. The number of anilines is 2. The Morgan fingerprint density at radius 1 is 1.24 bits per heavy atom. The minimum Gasteiger partial charge on any atom is -0.419 e. The van der Waals surface area contributed by atoms with Gasteiger partial charge in [-0.05, 0) is 24.6 Å². The first kappa shape index (κ1) is 18.5. The highest BCUT2D eigenvalue weighted by Gasteiger charge is 2.38. The highest BCUT2D eigenvalue weighted by molar-refractivity contribution is 6.15. The number of carbonyl (C=O) groups is 3. The second kappa shape index (κ2) is 7.35. The molecule has 1 aromatic carbocycles. The molecular formula is C17H20N2O6. The molecule has 1 aromatic rings. The first-order valence-electron chi connectivity index (χ1n) is 7.54. The third-order valence-corrected chi connectivity index (χ3v) is 3.29. The van der Waals surface area contributed by atoms with Crippen molar-refractivity contribution in [3.05, 3.63) is 35.5 Å². The van der Waals surface area contributed by atoms with Crippen LogP contribution >= 0.6 is 0 Å². The van der Waals surface area contributed by atoms with Crippen LogP contribution in [0.15, 0.2) is 30.0 Å². The predicted molar refractivity (Wildman–Crippen MR) is 89.7 cm³/mol. The van der Waals surface area contributed by atoms with Crippen molar-refractivity contribution in [3.63, 3.8) is 0 Å². The summed E-state index contributed by atoms with van der Waals surface area (Å²) in [5.41, 5.74) is 1.75. The van der Waals surface area contributed by atoms with Gasteiger partial charge in [0.05, 0.1) is 0 Å². The molecule has 1 saturated heterocycles. The number of nitrogens with one attached hydrogen (secondary N) is 2. The van der Waals surface area contributed by atoms with Crippen LogP contribution in [0.25, 0.3) is 0 Å². The summed E-state index contributed by atoms with van der Waals surface area (Å²) in [6.07, 6.45) is 1.23. The molecule has 0 unspecified atom stereocenters. The Labute approximate surface area is 145 Å². The average molecular weight is 348 g/mol. The fourth-order valence-electron chi connectivity index (χ4n) is 2.11. The van der Waals surface area contributed by atoms with Crippen molar-refractivity contribution in [1.29, 1.82) is 0 Å². The van der Waals surface area contributed by atoms with E-state index in [1.54, 1.807) is 18.2 Å². The molecule has 8 heteroatoms. The lowest BCUT2D eigenvalue weighted by Crippen LogP contribution is -2.42. The number of benzene rings is 1. The topological polar surface area (TPSA) is 103 Å². The molecule has 0 aliphatic carbocycles. The number of amides is 1. The van der Waals surface area contributed by atoms with Gasteiger partial charge in [-0.15, -0.1) is 0 Å². The molecule has 0 spiro atoms. The number of carbonyl (C=O) groups excluding carboxylic acids is 3. The van der Waals surface area contributed by atoms with Gasteiger partial charge in [0.2, 0.25) is 5.91 Å². The predicted octanol–water partition coefficient (Wildman–Crippen LogP) is 1.71. The van der Waals surface area contributed by atoms with Crippen molar-refractivity contribution in [2.45, 2.75) is 26.6 Å². The number of ether oxygens (including phenoxy) is 3. The molecule has 134 valence electrons. The van der Waals surface area contributed by atoms with E-state index in [9.17, 15) is 14.4 Å². The van der Waals surface area contributed by atoms with E-state index in [1.807, 2.05) is 6.92 Å². The number of hydrogen-bond donors (Lipinski definition) is 2. The van der Waals surface area contributed by atoms with Crippen molar-refractivity contribution in [2.75, 3.05) is 24.4 Å². The Morgan fingerprint density at radius 3 is 2.48 bits per heavy atom. The van der Waals surface area contributed by atoms with Gasteiger partial charge in [0.1, 0.15) is 6.61 Å². The maximum atomic E-state index is 11.9. The summed E-state index contributed by atoms with van der Waals surface area (Å²) >= 11 is 0. The monoisotopic (exact) mass is 348 g/mol. The van der Waals surface area contributed by atoms with Crippen LogP contribution in [0.2, 0.25) is 0 Å². The number of rotatable bonds is 5. The highest BCUT2D eigenvalue weighted by Crippen LogP contribution is 2.24. The molecule has 8 nitrogen and oxygen atoms in total.